The molecule has 0 N–H and O–H groups in total. The normalized spacial score (nSPS) is 11.3. The number of hydrogen-bond donors (Lipinski definition) is 0. The number of nitrogens with zero attached hydrogens (tertiary/aromatic N) is 3. The lowest BCUT2D eigenvalue weighted by molar-refractivity contribution is -0.385. The minimum absolute atomic E-state index is 0.0125. The Morgan fingerprint density at radius 3 is 2.56 bits per heavy atom. The summed E-state index contributed by atoms with van der Waals surface area (Å²) in [7, 11) is 0. The molecule has 0 aliphatic heterocycles. The number of benzene rings is 1. The van der Waals surface area contributed by atoms with E-state index in [1.165, 1.54) is 6.07 Å². The second-order valence-electron chi connectivity index (χ2n) is 4.08. The maximum atomic E-state index is 11.1. The number of hydrogen-bond acceptors (Lipinski definition) is 4. The molecule has 1 rings (SSSR count). The van der Waals surface area contributed by atoms with Crippen molar-refractivity contribution in [1.82, 2.24) is 0 Å². The van der Waals surface area contributed by atoms with Crippen molar-refractivity contribution in [2.45, 2.75) is 32.6 Å². The van der Waals surface area contributed by atoms with Crippen molar-refractivity contribution in [2.75, 3.05) is 0 Å². The third-order valence-corrected chi connectivity index (χ3v) is 2.94. The first-order chi connectivity index (χ1) is 8.54. The molecule has 5 nitrogen and oxygen atoms in total. The van der Waals surface area contributed by atoms with Gasteiger partial charge in [-0.25, -0.2) is 0 Å². The van der Waals surface area contributed by atoms with Crippen LogP contribution in [0.5, 0.6) is 0 Å². The molecule has 0 bridgehead atoms. The Balaban J connectivity index is 3.57. The number of nitro benzene ring substituents is 1. The van der Waals surface area contributed by atoms with Crippen molar-refractivity contribution >= 4 is 5.69 Å². The van der Waals surface area contributed by atoms with Crippen LogP contribution in [0, 0.1) is 32.8 Å². The molecule has 0 heterocycles. The lowest BCUT2D eigenvalue weighted by atomic mass is 9.89. The van der Waals surface area contributed by atoms with Crippen molar-refractivity contribution in [3.63, 3.8) is 0 Å². The second kappa shape index (κ2) is 5.79. The molecule has 1 unspecified atom stereocenters. The van der Waals surface area contributed by atoms with E-state index < -0.39 is 4.92 Å². The van der Waals surface area contributed by atoms with Gasteiger partial charge in [0.15, 0.2) is 0 Å². The van der Waals surface area contributed by atoms with Gasteiger partial charge < -0.3 is 0 Å². The summed E-state index contributed by atoms with van der Waals surface area (Å²) in [5.41, 5.74) is 1.31. The Morgan fingerprint density at radius 1 is 1.44 bits per heavy atom. The van der Waals surface area contributed by atoms with Crippen LogP contribution in [0.25, 0.3) is 0 Å². The molecule has 92 valence electrons. The molecule has 0 aromatic heterocycles. The molecule has 5 heteroatoms. The fourth-order valence-electron chi connectivity index (χ4n) is 1.92. The van der Waals surface area contributed by atoms with E-state index in [0.29, 0.717) is 11.1 Å². The summed E-state index contributed by atoms with van der Waals surface area (Å²) < 4.78 is 0. The molecule has 0 spiro atoms. The van der Waals surface area contributed by atoms with Crippen LogP contribution in [0.4, 0.5) is 5.69 Å². The summed E-state index contributed by atoms with van der Waals surface area (Å²) >= 11 is 0. The van der Waals surface area contributed by atoms with E-state index in [4.69, 9.17) is 10.5 Å². The molecule has 0 fully saturated rings. The topological polar surface area (TPSA) is 90.7 Å². The van der Waals surface area contributed by atoms with Crippen LogP contribution >= 0.6 is 0 Å². The predicted molar refractivity (Wildman–Crippen MR) is 65.8 cm³/mol. The van der Waals surface area contributed by atoms with Crippen LogP contribution in [0.3, 0.4) is 0 Å². The summed E-state index contributed by atoms with van der Waals surface area (Å²) in [6, 6.07) is 6.73. The highest BCUT2D eigenvalue weighted by molar-refractivity contribution is 5.54. The summed E-state index contributed by atoms with van der Waals surface area (Å²) in [6.45, 7) is 3.82. The van der Waals surface area contributed by atoms with E-state index in [9.17, 15) is 10.1 Å². The van der Waals surface area contributed by atoms with Gasteiger partial charge in [0.25, 0.3) is 5.69 Å². The van der Waals surface area contributed by atoms with Crippen LogP contribution < -0.4 is 0 Å². The first-order valence-corrected chi connectivity index (χ1v) is 5.63. The van der Waals surface area contributed by atoms with Gasteiger partial charge in [-0.2, -0.15) is 10.5 Å². The maximum Gasteiger partial charge on any atom is 0.274 e. The van der Waals surface area contributed by atoms with Crippen molar-refractivity contribution in [2.24, 2.45) is 0 Å². The van der Waals surface area contributed by atoms with Crippen LogP contribution in [0.1, 0.15) is 42.9 Å². The van der Waals surface area contributed by atoms with Gasteiger partial charge in [0, 0.05) is 11.6 Å². The minimum atomic E-state index is -0.483. The number of nitriles is 2. The smallest absolute Gasteiger partial charge is 0.258 e. The van der Waals surface area contributed by atoms with E-state index in [0.717, 1.165) is 6.42 Å². The number of rotatable bonds is 4. The summed E-state index contributed by atoms with van der Waals surface area (Å²) in [6.07, 6.45) is 0.821. The third kappa shape index (κ3) is 2.64. The van der Waals surface area contributed by atoms with Gasteiger partial charge in [0.2, 0.25) is 0 Å². The maximum absolute atomic E-state index is 11.1. The second-order valence-corrected chi connectivity index (χ2v) is 4.08. The van der Waals surface area contributed by atoms with Crippen LogP contribution in [-0.2, 0) is 6.42 Å². The predicted octanol–water partition coefficient (Wildman–Crippen LogP) is 3.05. The molecule has 18 heavy (non-hydrogen) atoms. The first-order valence-electron chi connectivity index (χ1n) is 5.63. The van der Waals surface area contributed by atoms with Crippen molar-refractivity contribution < 1.29 is 4.92 Å². The van der Waals surface area contributed by atoms with Gasteiger partial charge >= 0.3 is 0 Å². The SMILES string of the molecule is CCC(C)c1c(CC#N)cc(C#N)cc1[N+](=O)[O-]. The van der Waals surface area contributed by atoms with E-state index in [1.54, 1.807) is 6.07 Å². The van der Waals surface area contributed by atoms with E-state index >= 15 is 0 Å². The van der Waals surface area contributed by atoms with Gasteiger partial charge in [-0.3, -0.25) is 10.1 Å². The average molecular weight is 243 g/mol. The van der Waals surface area contributed by atoms with E-state index in [2.05, 4.69) is 0 Å². The summed E-state index contributed by atoms with van der Waals surface area (Å²) in [4.78, 5) is 10.6. The molecule has 1 atom stereocenters. The lowest BCUT2D eigenvalue weighted by Gasteiger charge is -2.14. The molecule has 0 radical (unpaired) electrons. The zero-order valence-electron chi connectivity index (χ0n) is 10.3. The zero-order valence-corrected chi connectivity index (χ0v) is 10.3. The van der Waals surface area contributed by atoms with Crippen molar-refractivity contribution in [1.29, 1.82) is 10.5 Å². The van der Waals surface area contributed by atoms with E-state index in [-0.39, 0.29) is 23.6 Å². The highest BCUT2D eigenvalue weighted by Gasteiger charge is 2.23. The van der Waals surface area contributed by atoms with Crippen LogP contribution in [-0.4, -0.2) is 4.92 Å². The minimum Gasteiger partial charge on any atom is -0.258 e. The molecule has 0 aliphatic carbocycles. The Morgan fingerprint density at radius 2 is 2.11 bits per heavy atom. The molecular weight excluding hydrogens is 230 g/mol. The summed E-state index contributed by atoms with van der Waals surface area (Å²) in [5.74, 6) is -0.0125. The largest absolute Gasteiger partial charge is 0.274 e. The van der Waals surface area contributed by atoms with Gasteiger partial charge in [0.1, 0.15) is 0 Å². The standard InChI is InChI=1S/C13H13N3O2/c1-3-9(2)13-11(4-5-14)6-10(8-15)7-12(13)16(17)18/h6-7,9H,3-4H2,1-2H3. The monoisotopic (exact) mass is 243 g/mol. The summed E-state index contributed by atoms with van der Waals surface area (Å²) in [5, 5.41) is 28.7. The highest BCUT2D eigenvalue weighted by Crippen LogP contribution is 2.33. The Bertz CT molecular complexity index is 553. The fraction of sp³-hybridized carbons (Fsp3) is 0.385. The quantitative estimate of drug-likeness (QED) is 0.600. The van der Waals surface area contributed by atoms with Gasteiger partial charge in [-0.05, 0) is 24.0 Å². The van der Waals surface area contributed by atoms with Crippen molar-refractivity contribution in [3.8, 4) is 12.1 Å². The molecule has 0 saturated heterocycles. The molecule has 0 amide bonds. The fourth-order valence-corrected chi connectivity index (χ4v) is 1.92. The molecule has 1 aromatic rings. The molecular formula is C13H13N3O2. The Labute approximate surface area is 105 Å². The average Bonchev–Trinajstić information content (AvgIpc) is 2.37. The molecule has 1 aromatic carbocycles. The van der Waals surface area contributed by atoms with Gasteiger partial charge in [0.05, 0.1) is 29.0 Å². The zero-order chi connectivity index (χ0) is 13.7. The van der Waals surface area contributed by atoms with E-state index in [1.807, 2.05) is 26.0 Å². The van der Waals surface area contributed by atoms with Crippen molar-refractivity contribution in [3.05, 3.63) is 38.9 Å². The number of nitro groups is 1. The van der Waals surface area contributed by atoms with Crippen LogP contribution in [0.2, 0.25) is 0 Å². The third-order valence-electron chi connectivity index (χ3n) is 2.94. The lowest BCUT2D eigenvalue weighted by Crippen LogP contribution is -2.05. The molecule has 0 saturated carbocycles. The van der Waals surface area contributed by atoms with Gasteiger partial charge in [-0.15, -0.1) is 0 Å². The first kappa shape index (κ1) is 13.7. The molecule has 0 aliphatic rings. The van der Waals surface area contributed by atoms with Gasteiger partial charge in [-0.1, -0.05) is 13.8 Å². The Kier molecular flexibility index (Phi) is 4.39. The highest BCUT2D eigenvalue weighted by atomic mass is 16.6. The van der Waals surface area contributed by atoms with Crippen LogP contribution in [0.15, 0.2) is 12.1 Å². The Hall–Kier alpha value is -2.40.